The molecule has 0 atom stereocenters. The van der Waals surface area contributed by atoms with Crippen molar-refractivity contribution < 1.29 is 4.79 Å². The Kier molecular flexibility index (Phi) is 8.22. The topological polar surface area (TPSA) is 52.8 Å². The summed E-state index contributed by atoms with van der Waals surface area (Å²) in [4.78, 5) is 18.9. The Morgan fingerprint density at radius 3 is 1.96 bits per heavy atom. The summed E-state index contributed by atoms with van der Waals surface area (Å²) in [7, 11) is 0. The molecule has 3 fully saturated rings. The number of nitrogens with two attached hydrogens (primary N) is 1. The molecule has 0 unspecified atom stereocenters. The summed E-state index contributed by atoms with van der Waals surface area (Å²) >= 11 is 0. The Labute approximate surface area is 175 Å². The molecule has 1 amide bonds. The highest BCUT2D eigenvalue weighted by molar-refractivity contribution is 5.95. The number of hydrogen-bond donors (Lipinski definition) is 1. The second kappa shape index (κ2) is 9.97. The van der Waals surface area contributed by atoms with E-state index in [1.165, 1.54) is 31.6 Å². The van der Waals surface area contributed by atoms with Gasteiger partial charge < -0.3 is 20.4 Å². The van der Waals surface area contributed by atoms with E-state index in [9.17, 15) is 4.79 Å². The highest BCUT2D eigenvalue weighted by atomic mass is 35.5. The van der Waals surface area contributed by atoms with Crippen molar-refractivity contribution >= 4 is 42.1 Å². The molecule has 0 radical (unpaired) electrons. The zero-order chi connectivity index (χ0) is 17.2. The SMILES string of the molecule is Cl.Cl.NC1CCN(C2CCN(c3ccc(N4CCCC4=O)cc3)CC2)CC1. The molecule has 3 saturated heterocycles. The zero-order valence-corrected chi connectivity index (χ0v) is 17.5. The minimum atomic E-state index is 0. The zero-order valence-electron chi connectivity index (χ0n) is 15.9. The summed E-state index contributed by atoms with van der Waals surface area (Å²) < 4.78 is 0. The number of carbonyl (C=O) groups excluding carboxylic acids is 1. The molecule has 1 aromatic rings. The van der Waals surface area contributed by atoms with E-state index in [0.29, 0.717) is 12.5 Å². The van der Waals surface area contributed by atoms with Crippen LogP contribution in [-0.4, -0.2) is 55.6 Å². The van der Waals surface area contributed by atoms with Crippen LogP contribution in [0.25, 0.3) is 0 Å². The minimum Gasteiger partial charge on any atom is -0.371 e. The van der Waals surface area contributed by atoms with Gasteiger partial charge in [0.15, 0.2) is 0 Å². The van der Waals surface area contributed by atoms with Gasteiger partial charge in [0, 0.05) is 49.5 Å². The first-order chi connectivity index (χ1) is 12.2. The lowest BCUT2D eigenvalue weighted by atomic mass is 9.98. The number of anilines is 2. The number of nitrogens with zero attached hydrogens (tertiary/aromatic N) is 3. The van der Waals surface area contributed by atoms with E-state index in [0.717, 1.165) is 50.6 Å². The van der Waals surface area contributed by atoms with E-state index in [1.54, 1.807) is 0 Å². The second-order valence-electron chi connectivity index (χ2n) is 7.76. The Balaban J connectivity index is 0.00000131. The van der Waals surface area contributed by atoms with Crippen LogP contribution in [0.5, 0.6) is 0 Å². The van der Waals surface area contributed by atoms with Crippen molar-refractivity contribution in [3.8, 4) is 0 Å². The Hall–Kier alpha value is -1.01. The van der Waals surface area contributed by atoms with Crippen LogP contribution in [-0.2, 0) is 4.79 Å². The molecule has 0 bridgehead atoms. The second-order valence-corrected chi connectivity index (χ2v) is 7.76. The Morgan fingerprint density at radius 1 is 0.815 bits per heavy atom. The molecule has 0 spiro atoms. The van der Waals surface area contributed by atoms with Gasteiger partial charge in [-0.25, -0.2) is 0 Å². The van der Waals surface area contributed by atoms with Crippen LogP contribution in [0.2, 0.25) is 0 Å². The van der Waals surface area contributed by atoms with Gasteiger partial charge in [0.05, 0.1) is 0 Å². The number of benzene rings is 1. The third kappa shape index (κ3) is 5.08. The average Bonchev–Trinajstić information content (AvgIpc) is 3.09. The number of carbonyl (C=O) groups is 1. The molecule has 7 heteroatoms. The molecule has 27 heavy (non-hydrogen) atoms. The van der Waals surface area contributed by atoms with E-state index in [2.05, 4.69) is 34.1 Å². The fourth-order valence-corrected chi connectivity index (χ4v) is 4.54. The van der Waals surface area contributed by atoms with Gasteiger partial charge in [-0.2, -0.15) is 0 Å². The molecular weight excluding hydrogens is 383 g/mol. The van der Waals surface area contributed by atoms with Gasteiger partial charge in [0.1, 0.15) is 0 Å². The van der Waals surface area contributed by atoms with Gasteiger partial charge in [-0.1, -0.05) is 0 Å². The van der Waals surface area contributed by atoms with Crippen LogP contribution in [0.15, 0.2) is 24.3 Å². The van der Waals surface area contributed by atoms with Crippen molar-refractivity contribution in [3.63, 3.8) is 0 Å². The lowest BCUT2D eigenvalue weighted by Crippen LogP contribution is -2.49. The maximum Gasteiger partial charge on any atom is 0.227 e. The quantitative estimate of drug-likeness (QED) is 0.825. The van der Waals surface area contributed by atoms with Gasteiger partial charge in [-0.15, -0.1) is 24.8 Å². The van der Waals surface area contributed by atoms with Crippen molar-refractivity contribution in [2.24, 2.45) is 5.73 Å². The van der Waals surface area contributed by atoms with Crippen molar-refractivity contribution in [1.29, 1.82) is 0 Å². The van der Waals surface area contributed by atoms with Crippen molar-refractivity contribution in [2.75, 3.05) is 42.5 Å². The van der Waals surface area contributed by atoms with Crippen molar-refractivity contribution in [3.05, 3.63) is 24.3 Å². The van der Waals surface area contributed by atoms with E-state index >= 15 is 0 Å². The normalized spacial score (nSPS) is 22.5. The van der Waals surface area contributed by atoms with Gasteiger partial charge in [0.2, 0.25) is 5.91 Å². The first kappa shape index (κ1) is 22.3. The number of amides is 1. The first-order valence-corrected chi connectivity index (χ1v) is 9.86. The number of hydrogen-bond acceptors (Lipinski definition) is 4. The summed E-state index contributed by atoms with van der Waals surface area (Å²) in [6, 6.07) is 9.72. The number of rotatable bonds is 3. The predicted molar refractivity (Wildman–Crippen MR) is 117 cm³/mol. The number of halogens is 2. The van der Waals surface area contributed by atoms with Crippen LogP contribution < -0.4 is 15.5 Å². The van der Waals surface area contributed by atoms with E-state index < -0.39 is 0 Å². The van der Waals surface area contributed by atoms with E-state index in [1.807, 2.05) is 4.90 Å². The highest BCUT2D eigenvalue weighted by Crippen LogP contribution is 2.28. The molecule has 0 aliphatic carbocycles. The van der Waals surface area contributed by atoms with Gasteiger partial charge in [-0.3, -0.25) is 4.79 Å². The summed E-state index contributed by atoms with van der Waals surface area (Å²) in [5.41, 5.74) is 8.36. The Morgan fingerprint density at radius 2 is 1.41 bits per heavy atom. The van der Waals surface area contributed by atoms with E-state index in [4.69, 9.17) is 5.73 Å². The maximum absolute atomic E-state index is 11.9. The van der Waals surface area contributed by atoms with E-state index in [-0.39, 0.29) is 30.7 Å². The predicted octanol–water partition coefficient (Wildman–Crippen LogP) is 3.05. The fraction of sp³-hybridized carbons (Fsp3) is 0.650. The number of piperidine rings is 2. The van der Waals surface area contributed by atoms with Crippen LogP contribution in [0.4, 0.5) is 11.4 Å². The summed E-state index contributed by atoms with van der Waals surface area (Å²) in [6.07, 6.45) is 6.45. The van der Waals surface area contributed by atoms with Gasteiger partial charge >= 0.3 is 0 Å². The first-order valence-electron chi connectivity index (χ1n) is 9.86. The largest absolute Gasteiger partial charge is 0.371 e. The monoisotopic (exact) mass is 414 g/mol. The molecule has 1 aromatic carbocycles. The Bertz CT molecular complexity index is 597. The highest BCUT2D eigenvalue weighted by Gasteiger charge is 2.27. The average molecular weight is 415 g/mol. The molecule has 3 aliphatic heterocycles. The van der Waals surface area contributed by atoms with Crippen LogP contribution in [0.1, 0.15) is 38.5 Å². The lowest BCUT2D eigenvalue weighted by molar-refractivity contribution is -0.117. The molecule has 3 aliphatic rings. The van der Waals surface area contributed by atoms with Gasteiger partial charge in [-0.05, 0) is 69.5 Å². The summed E-state index contributed by atoms with van der Waals surface area (Å²) in [5, 5.41) is 0. The molecule has 2 N–H and O–H groups in total. The van der Waals surface area contributed by atoms with Crippen LogP contribution in [0, 0.1) is 0 Å². The molecule has 3 heterocycles. The molecule has 5 nitrogen and oxygen atoms in total. The third-order valence-corrected chi connectivity index (χ3v) is 6.16. The van der Waals surface area contributed by atoms with Gasteiger partial charge in [0.25, 0.3) is 0 Å². The molecule has 0 aromatic heterocycles. The standard InChI is InChI=1S/C20H30N4O.2ClH/c21-16-7-12-22(13-8-16)18-9-14-23(15-10-18)17-3-5-19(6-4-17)24-11-1-2-20(24)25;;/h3-6,16,18H,1-2,7-15,21H2;2*1H. The molecule has 152 valence electrons. The van der Waals surface area contributed by atoms with Crippen molar-refractivity contribution in [2.45, 2.75) is 50.6 Å². The van der Waals surface area contributed by atoms with Crippen LogP contribution in [0.3, 0.4) is 0 Å². The fourth-order valence-electron chi connectivity index (χ4n) is 4.54. The van der Waals surface area contributed by atoms with Crippen LogP contribution >= 0.6 is 24.8 Å². The summed E-state index contributed by atoms with van der Waals surface area (Å²) in [6.45, 7) is 5.45. The smallest absolute Gasteiger partial charge is 0.227 e. The van der Waals surface area contributed by atoms with Crippen molar-refractivity contribution in [1.82, 2.24) is 4.90 Å². The molecular formula is C20H32Cl2N4O. The number of likely N-dealkylation sites (tertiary alicyclic amines) is 1. The molecule has 4 rings (SSSR count). The third-order valence-electron chi connectivity index (χ3n) is 6.16. The molecule has 0 saturated carbocycles. The lowest BCUT2D eigenvalue weighted by Gasteiger charge is -2.42. The summed E-state index contributed by atoms with van der Waals surface area (Å²) in [5.74, 6) is 0.259. The maximum atomic E-state index is 11.9. The minimum absolute atomic E-state index is 0.